The number of benzene rings is 1. The van der Waals surface area contributed by atoms with Gasteiger partial charge in [-0.25, -0.2) is 0 Å². The van der Waals surface area contributed by atoms with Crippen LogP contribution in [0.1, 0.15) is 23.7 Å². The average Bonchev–Trinajstić information content (AvgIpc) is 2.03. The van der Waals surface area contributed by atoms with Gasteiger partial charge in [0.25, 0.3) is 0 Å². The van der Waals surface area contributed by atoms with Crippen molar-refractivity contribution in [2.24, 2.45) is 0 Å². The molecule has 12 heavy (non-hydrogen) atoms. The first-order valence-electron chi connectivity index (χ1n) is 3.67. The fourth-order valence-electron chi connectivity index (χ4n) is 0.921. The molecule has 0 aliphatic rings. The minimum Gasteiger partial charge on any atom is -0.508 e. The van der Waals surface area contributed by atoms with Crippen LogP contribution in [0.5, 0.6) is 5.75 Å². The topological polar surface area (TPSA) is 37.3 Å². The summed E-state index contributed by atoms with van der Waals surface area (Å²) < 4.78 is 0.648. The first-order valence-corrected chi connectivity index (χ1v) is 4.46. The number of phenols is 1. The van der Waals surface area contributed by atoms with Crippen molar-refractivity contribution in [3.05, 3.63) is 28.2 Å². The number of rotatable bonds is 2. The second-order valence-corrected chi connectivity index (χ2v) is 3.30. The molecule has 0 spiro atoms. The maximum Gasteiger partial charge on any atom is 0.163 e. The quantitative estimate of drug-likeness (QED) is 0.791. The maximum absolute atomic E-state index is 11.2. The fourth-order valence-corrected chi connectivity index (χ4v) is 1.51. The number of hydrogen-bond acceptors (Lipinski definition) is 2. The van der Waals surface area contributed by atoms with Gasteiger partial charge in [-0.05, 0) is 34.1 Å². The Morgan fingerprint density at radius 1 is 1.58 bits per heavy atom. The molecule has 1 rings (SSSR count). The molecule has 2 nitrogen and oxygen atoms in total. The lowest BCUT2D eigenvalue weighted by atomic mass is 10.1. The molecule has 3 heteroatoms. The van der Waals surface area contributed by atoms with E-state index in [1.54, 1.807) is 6.07 Å². The molecule has 0 saturated carbocycles. The summed E-state index contributed by atoms with van der Waals surface area (Å²) in [6.07, 6.45) is 0.476. The van der Waals surface area contributed by atoms with Crippen LogP contribution < -0.4 is 0 Å². The van der Waals surface area contributed by atoms with E-state index in [-0.39, 0.29) is 11.5 Å². The van der Waals surface area contributed by atoms with Gasteiger partial charge in [0.2, 0.25) is 0 Å². The number of ketones is 1. The molecule has 0 aliphatic heterocycles. The van der Waals surface area contributed by atoms with Crippen LogP contribution in [0.4, 0.5) is 0 Å². The van der Waals surface area contributed by atoms with E-state index in [9.17, 15) is 4.79 Å². The lowest BCUT2D eigenvalue weighted by Crippen LogP contribution is -1.96. The molecule has 0 saturated heterocycles. The van der Waals surface area contributed by atoms with Crippen LogP contribution in [0.15, 0.2) is 22.7 Å². The van der Waals surface area contributed by atoms with Gasteiger partial charge in [-0.15, -0.1) is 0 Å². The molecular formula is C9H9BrO2. The van der Waals surface area contributed by atoms with Crippen molar-refractivity contribution in [1.82, 2.24) is 0 Å². The highest BCUT2D eigenvalue weighted by Crippen LogP contribution is 2.22. The molecule has 1 aromatic carbocycles. The van der Waals surface area contributed by atoms with Crippen LogP contribution in [0.25, 0.3) is 0 Å². The van der Waals surface area contributed by atoms with E-state index < -0.39 is 0 Å². The van der Waals surface area contributed by atoms with Gasteiger partial charge in [0.15, 0.2) is 5.78 Å². The molecule has 0 bridgehead atoms. The second kappa shape index (κ2) is 3.72. The Labute approximate surface area is 79.3 Å². The Morgan fingerprint density at radius 2 is 2.25 bits per heavy atom. The Bertz CT molecular complexity index is 307. The van der Waals surface area contributed by atoms with E-state index in [2.05, 4.69) is 15.9 Å². The minimum atomic E-state index is 0.0712. The summed E-state index contributed by atoms with van der Waals surface area (Å²) >= 11 is 3.21. The van der Waals surface area contributed by atoms with E-state index in [1.165, 1.54) is 12.1 Å². The third-order valence-corrected chi connectivity index (χ3v) is 2.23. The molecule has 1 N–H and O–H groups in total. The average molecular weight is 229 g/mol. The maximum atomic E-state index is 11.2. The Hall–Kier alpha value is -0.830. The predicted octanol–water partition coefficient (Wildman–Crippen LogP) is 2.75. The van der Waals surface area contributed by atoms with Crippen LogP contribution in [0, 0.1) is 0 Å². The van der Waals surface area contributed by atoms with E-state index in [0.717, 1.165) is 0 Å². The zero-order chi connectivity index (χ0) is 9.14. The number of carbonyl (C=O) groups excluding carboxylic acids is 1. The summed E-state index contributed by atoms with van der Waals surface area (Å²) in [6, 6.07) is 4.64. The third-order valence-electron chi connectivity index (χ3n) is 1.57. The van der Waals surface area contributed by atoms with Gasteiger partial charge >= 0.3 is 0 Å². The zero-order valence-electron chi connectivity index (χ0n) is 6.67. The number of carbonyl (C=O) groups is 1. The third kappa shape index (κ3) is 1.85. The van der Waals surface area contributed by atoms with Crippen molar-refractivity contribution in [3.63, 3.8) is 0 Å². The van der Waals surface area contributed by atoms with Crippen molar-refractivity contribution >= 4 is 21.7 Å². The lowest BCUT2D eigenvalue weighted by molar-refractivity contribution is 0.0987. The smallest absolute Gasteiger partial charge is 0.163 e. The lowest BCUT2D eigenvalue weighted by Gasteiger charge is -2.01. The highest BCUT2D eigenvalue weighted by Gasteiger charge is 2.07. The van der Waals surface area contributed by atoms with Gasteiger partial charge in [-0.3, -0.25) is 4.79 Å². The Kier molecular flexibility index (Phi) is 2.87. The molecule has 0 amide bonds. The van der Waals surface area contributed by atoms with Crippen LogP contribution >= 0.6 is 15.9 Å². The van der Waals surface area contributed by atoms with E-state index >= 15 is 0 Å². The van der Waals surface area contributed by atoms with Gasteiger partial charge in [0, 0.05) is 16.5 Å². The summed E-state index contributed by atoms with van der Waals surface area (Å²) in [6.45, 7) is 1.81. The zero-order valence-corrected chi connectivity index (χ0v) is 8.26. The molecule has 0 radical (unpaired) electrons. The van der Waals surface area contributed by atoms with Crippen LogP contribution in [-0.4, -0.2) is 10.9 Å². The molecule has 0 aromatic heterocycles. The molecule has 64 valence electrons. The van der Waals surface area contributed by atoms with E-state index in [1.807, 2.05) is 6.92 Å². The van der Waals surface area contributed by atoms with Crippen molar-refractivity contribution in [3.8, 4) is 5.75 Å². The number of hydrogen-bond donors (Lipinski definition) is 1. The van der Waals surface area contributed by atoms with Gasteiger partial charge in [0.1, 0.15) is 5.75 Å². The fraction of sp³-hybridized carbons (Fsp3) is 0.222. The second-order valence-electron chi connectivity index (χ2n) is 2.44. The first-order chi connectivity index (χ1) is 5.65. The van der Waals surface area contributed by atoms with Crippen molar-refractivity contribution in [1.29, 1.82) is 0 Å². The number of halogens is 1. The SMILES string of the molecule is CCC(=O)c1ccc(O)cc1Br. The van der Waals surface area contributed by atoms with Gasteiger partial charge in [0.05, 0.1) is 0 Å². The van der Waals surface area contributed by atoms with Gasteiger partial charge in [-0.1, -0.05) is 6.92 Å². The predicted molar refractivity (Wildman–Crippen MR) is 50.4 cm³/mol. The molecule has 0 unspecified atom stereocenters. The van der Waals surface area contributed by atoms with Crippen LogP contribution in [0.2, 0.25) is 0 Å². The Balaban J connectivity index is 3.09. The largest absolute Gasteiger partial charge is 0.508 e. The normalized spacial score (nSPS) is 9.83. The first kappa shape index (κ1) is 9.26. The number of aromatic hydroxyl groups is 1. The summed E-state index contributed by atoms with van der Waals surface area (Å²) in [5.41, 5.74) is 0.621. The van der Waals surface area contributed by atoms with Crippen molar-refractivity contribution in [2.75, 3.05) is 0 Å². The molecule has 0 atom stereocenters. The van der Waals surface area contributed by atoms with Gasteiger partial charge in [-0.2, -0.15) is 0 Å². The highest BCUT2D eigenvalue weighted by atomic mass is 79.9. The summed E-state index contributed by atoms with van der Waals surface area (Å²) in [4.78, 5) is 11.2. The number of phenolic OH excluding ortho intramolecular Hbond substituents is 1. The van der Waals surface area contributed by atoms with E-state index in [4.69, 9.17) is 5.11 Å². The van der Waals surface area contributed by atoms with Crippen molar-refractivity contribution < 1.29 is 9.90 Å². The number of Topliss-reactive ketones (excluding diaryl/α,β-unsaturated/α-hetero) is 1. The Morgan fingerprint density at radius 3 is 2.75 bits per heavy atom. The highest BCUT2D eigenvalue weighted by molar-refractivity contribution is 9.10. The molecule has 0 fully saturated rings. The van der Waals surface area contributed by atoms with Crippen molar-refractivity contribution in [2.45, 2.75) is 13.3 Å². The van der Waals surface area contributed by atoms with Crippen LogP contribution in [0.3, 0.4) is 0 Å². The molecular weight excluding hydrogens is 220 g/mol. The van der Waals surface area contributed by atoms with Crippen LogP contribution in [-0.2, 0) is 0 Å². The molecule has 0 heterocycles. The van der Waals surface area contributed by atoms with Gasteiger partial charge < -0.3 is 5.11 Å². The molecule has 1 aromatic rings. The summed E-state index contributed by atoms with van der Waals surface area (Å²) in [7, 11) is 0. The summed E-state index contributed by atoms with van der Waals surface area (Å²) in [5.74, 6) is 0.233. The molecule has 0 aliphatic carbocycles. The summed E-state index contributed by atoms with van der Waals surface area (Å²) in [5, 5.41) is 9.05. The standard InChI is InChI=1S/C9H9BrO2/c1-2-9(12)7-4-3-6(11)5-8(7)10/h3-5,11H,2H2,1H3. The minimum absolute atomic E-state index is 0.0712. The monoisotopic (exact) mass is 228 g/mol. The van der Waals surface area contributed by atoms with E-state index in [0.29, 0.717) is 16.5 Å².